The molecule has 0 spiro atoms. The van der Waals surface area contributed by atoms with Crippen molar-refractivity contribution in [3.05, 3.63) is 42.5 Å². The van der Waals surface area contributed by atoms with Crippen LogP contribution >= 0.6 is 0 Å². The Labute approximate surface area is 114 Å². The Balaban J connectivity index is 1.85. The second-order valence-corrected chi connectivity index (χ2v) is 5.37. The molecule has 3 nitrogen and oxygen atoms in total. The fourth-order valence-electron chi connectivity index (χ4n) is 2.87. The molecule has 1 atom stereocenters. The lowest BCUT2D eigenvalue weighted by atomic mass is 9.89. The summed E-state index contributed by atoms with van der Waals surface area (Å²) in [4.78, 5) is 14.8. The second-order valence-electron chi connectivity index (χ2n) is 5.37. The van der Waals surface area contributed by atoms with Crippen LogP contribution in [-0.4, -0.2) is 29.9 Å². The first-order valence-electron chi connectivity index (χ1n) is 7.05. The Morgan fingerprint density at radius 2 is 2.16 bits per heavy atom. The third kappa shape index (κ3) is 2.37. The molecule has 1 fully saturated rings. The Morgan fingerprint density at radius 1 is 1.37 bits per heavy atom. The van der Waals surface area contributed by atoms with Gasteiger partial charge in [0.25, 0.3) is 0 Å². The predicted molar refractivity (Wildman–Crippen MR) is 77.2 cm³/mol. The molecule has 1 aliphatic heterocycles. The van der Waals surface area contributed by atoms with Crippen LogP contribution in [0.25, 0.3) is 0 Å². The molecule has 1 amide bonds. The number of nitrogens with zero attached hydrogens (tertiary/aromatic N) is 1. The van der Waals surface area contributed by atoms with E-state index >= 15 is 0 Å². The van der Waals surface area contributed by atoms with Gasteiger partial charge in [-0.05, 0) is 30.9 Å². The summed E-state index contributed by atoms with van der Waals surface area (Å²) in [5, 5.41) is 3.37. The van der Waals surface area contributed by atoms with Gasteiger partial charge in [0.15, 0.2) is 0 Å². The predicted octanol–water partition coefficient (Wildman–Crippen LogP) is 2.76. The van der Waals surface area contributed by atoms with E-state index in [0.29, 0.717) is 12.6 Å². The Hall–Kier alpha value is -1.77. The summed E-state index contributed by atoms with van der Waals surface area (Å²) in [7, 11) is 0. The highest BCUT2D eigenvalue weighted by molar-refractivity contribution is 5.87. The smallest absolute Gasteiger partial charge is 0.230 e. The molecule has 1 saturated carbocycles. The summed E-state index contributed by atoms with van der Waals surface area (Å²) in [5.74, 6) is 0.286. The van der Waals surface area contributed by atoms with E-state index in [4.69, 9.17) is 0 Å². The van der Waals surface area contributed by atoms with Crippen molar-refractivity contribution in [1.82, 2.24) is 4.90 Å². The Kier molecular flexibility index (Phi) is 3.28. The first-order valence-corrected chi connectivity index (χ1v) is 7.05. The van der Waals surface area contributed by atoms with Crippen molar-refractivity contribution in [3.8, 4) is 0 Å². The molecule has 19 heavy (non-hydrogen) atoms. The zero-order valence-corrected chi connectivity index (χ0v) is 11.1. The fraction of sp³-hybridized carbons (Fsp3) is 0.438. The molecular weight excluding hydrogens is 236 g/mol. The molecule has 100 valence electrons. The van der Waals surface area contributed by atoms with E-state index in [0.717, 1.165) is 37.1 Å². The van der Waals surface area contributed by atoms with Crippen LogP contribution in [0.4, 0.5) is 5.69 Å². The zero-order chi connectivity index (χ0) is 13.2. The van der Waals surface area contributed by atoms with Gasteiger partial charge in [-0.15, -0.1) is 6.58 Å². The molecular formula is C16H20N2O. The van der Waals surface area contributed by atoms with Crippen molar-refractivity contribution >= 4 is 11.6 Å². The number of rotatable bonds is 4. The van der Waals surface area contributed by atoms with E-state index in [1.807, 2.05) is 23.1 Å². The first-order chi connectivity index (χ1) is 9.31. The number of fused-ring (bicyclic) bond motifs is 1. The van der Waals surface area contributed by atoms with Gasteiger partial charge in [-0.1, -0.05) is 24.3 Å². The third-order valence-corrected chi connectivity index (χ3v) is 3.98. The summed E-state index contributed by atoms with van der Waals surface area (Å²) < 4.78 is 0. The van der Waals surface area contributed by atoms with E-state index < -0.39 is 0 Å². The normalized spacial score (nSPS) is 21.2. The van der Waals surface area contributed by atoms with E-state index in [1.165, 1.54) is 0 Å². The number of hydrogen-bond acceptors (Lipinski definition) is 2. The van der Waals surface area contributed by atoms with Crippen LogP contribution in [0.15, 0.2) is 36.9 Å². The summed E-state index contributed by atoms with van der Waals surface area (Å²) in [5.41, 5.74) is 2.26. The minimum atomic E-state index is 0.0120. The molecule has 1 aromatic rings. The number of para-hydroxylation sites is 1. The molecule has 3 rings (SSSR count). The minimum absolute atomic E-state index is 0.0120. The van der Waals surface area contributed by atoms with Crippen molar-refractivity contribution in [1.29, 1.82) is 0 Å². The molecule has 0 bridgehead atoms. The van der Waals surface area contributed by atoms with Gasteiger partial charge in [-0.25, -0.2) is 0 Å². The molecule has 1 aliphatic carbocycles. The lowest BCUT2D eigenvalue weighted by Crippen LogP contribution is -2.39. The summed E-state index contributed by atoms with van der Waals surface area (Å²) in [6.45, 7) is 5.33. The summed E-state index contributed by atoms with van der Waals surface area (Å²) in [6, 6.07) is 8.61. The number of nitrogens with one attached hydrogen (secondary N) is 1. The molecule has 0 radical (unpaired) electrons. The Morgan fingerprint density at radius 3 is 2.89 bits per heavy atom. The second kappa shape index (κ2) is 5.08. The number of carbonyl (C=O) groups excluding carboxylic acids is 1. The van der Waals surface area contributed by atoms with Crippen LogP contribution in [0.3, 0.4) is 0 Å². The number of anilines is 1. The maximum atomic E-state index is 12.8. The van der Waals surface area contributed by atoms with Crippen LogP contribution in [-0.2, 0) is 4.79 Å². The van der Waals surface area contributed by atoms with Crippen molar-refractivity contribution in [2.45, 2.75) is 31.2 Å². The quantitative estimate of drug-likeness (QED) is 0.840. The van der Waals surface area contributed by atoms with Gasteiger partial charge in [0.05, 0.1) is 5.92 Å². The molecule has 1 heterocycles. The van der Waals surface area contributed by atoms with Gasteiger partial charge >= 0.3 is 0 Å². The monoisotopic (exact) mass is 256 g/mol. The lowest BCUT2D eigenvalue weighted by Gasteiger charge is -2.31. The average Bonchev–Trinajstić information content (AvgIpc) is 3.28. The van der Waals surface area contributed by atoms with E-state index in [2.05, 4.69) is 24.0 Å². The van der Waals surface area contributed by atoms with Gasteiger partial charge < -0.3 is 10.2 Å². The van der Waals surface area contributed by atoms with Crippen molar-refractivity contribution in [3.63, 3.8) is 0 Å². The molecule has 1 aromatic carbocycles. The number of benzene rings is 1. The maximum Gasteiger partial charge on any atom is 0.230 e. The van der Waals surface area contributed by atoms with E-state index in [1.54, 1.807) is 0 Å². The van der Waals surface area contributed by atoms with Gasteiger partial charge in [-0.2, -0.15) is 0 Å². The molecule has 2 aliphatic rings. The zero-order valence-electron chi connectivity index (χ0n) is 11.1. The highest BCUT2D eigenvalue weighted by Gasteiger charge is 2.36. The van der Waals surface area contributed by atoms with Crippen LogP contribution in [0.2, 0.25) is 0 Å². The Bertz CT molecular complexity index is 493. The van der Waals surface area contributed by atoms with Crippen molar-refractivity contribution < 1.29 is 4.79 Å². The third-order valence-electron chi connectivity index (χ3n) is 3.98. The number of amides is 1. The highest BCUT2D eigenvalue weighted by Crippen LogP contribution is 2.36. The van der Waals surface area contributed by atoms with E-state index in [-0.39, 0.29) is 11.8 Å². The van der Waals surface area contributed by atoms with Crippen molar-refractivity contribution in [2.24, 2.45) is 0 Å². The van der Waals surface area contributed by atoms with E-state index in [9.17, 15) is 4.79 Å². The maximum absolute atomic E-state index is 12.8. The van der Waals surface area contributed by atoms with Gasteiger partial charge in [0.2, 0.25) is 5.91 Å². The molecule has 0 saturated heterocycles. The SMILES string of the molecule is C=CCN(C(=O)C1CCNc2ccccc21)C1CC1. The average molecular weight is 256 g/mol. The highest BCUT2D eigenvalue weighted by atomic mass is 16.2. The summed E-state index contributed by atoms with van der Waals surface area (Å²) >= 11 is 0. The van der Waals surface area contributed by atoms with Crippen LogP contribution in [0.1, 0.15) is 30.7 Å². The van der Waals surface area contributed by atoms with Crippen LogP contribution in [0.5, 0.6) is 0 Å². The largest absolute Gasteiger partial charge is 0.385 e. The fourth-order valence-corrected chi connectivity index (χ4v) is 2.87. The molecule has 3 heteroatoms. The van der Waals surface area contributed by atoms with Crippen LogP contribution < -0.4 is 5.32 Å². The lowest BCUT2D eigenvalue weighted by molar-refractivity contribution is -0.133. The molecule has 1 N–H and O–H groups in total. The molecule has 0 aromatic heterocycles. The van der Waals surface area contributed by atoms with Crippen LogP contribution in [0, 0.1) is 0 Å². The minimum Gasteiger partial charge on any atom is -0.385 e. The van der Waals surface area contributed by atoms with Crippen molar-refractivity contribution in [2.75, 3.05) is 18.4 Å². The van der Waals surface area contributed by atoms with Gasteiger partial charge in [-0.3, -0.25) is 4.79 Å². The standard InChI is InChI=1S/C16H20N2O/c1-2-11-18(12-7-8-12)16(19)14-9-10-17-15-6-4-3-5-13(14)15/h2-6,12,14,17H,1,7-11H2. The number of carbonyl (C=O) groups is 1. The first kappa shape index (κ1) is 12.3. The number of hydrogen-bond donors (Lipinski definition) is 1. The summed E-state index contributed by atoms with van der Waals surface area (Å²) in [6.07, 6.45) is 5.01. The topological polar surface area (TPSA) is 32.3 Å². The molecule has 1 unspecified atom stereocenters. The van der Waals surface area contributed by atoms with Gasteiger partial charge in [0.1, 0.15) is 0 Å². The van der Waals surface area contributed by atoms with Gasteiger partial charge in [0, 0.05) is 24.8 Å².